The summed E-state index contributed by atoms with van der Waals surface area (Å²) in [7, 11) is 1.52. The van der Waals surface area contributed by atoms with Gasteiger partial charge in [-0.3, -0.25) is 9.59 Å². The van der Waals surface area contributed by atoms with Crippen LogP contribution in [0.2, 0.25) is 0 Å². The molecule has 2 unspecified atom stereocenters. The lowest BCUT2D eigenvalue weighted by Gasteiger charge is -2.41. The molecule has 0 amide bonds. The monoisotopic (exact) mass is 396 g/mol. The van der Waals surface area contributed by atoms with Gasteiger partial charge in [0.2, 0.25) is 0 Å². The molecule has 0 aromatic carbocycles. The van der Waals surface area contributed by atoms with Crippen molar-refractivity contribution in [2.24, 2.45) is 23.2 Å². The van der Waals surface area contributed by atoms with Gasteiger partial charge < -0.3 is 9.47 Å². The molecule has 0 saturated heterocycles. The number of esters is 2. The summed E-state index contributed by atoms with van der Waals surface area (Å²) in [4.78, 5) is 25.0. The van der Waals surface area contributed by atoms with Gasteiger partial charge in [-0.25, -0.2) is 0 Å². The lowest BCUT2D eigenvalue weighted by Crippen LogP contribution is -2.41. The van der Waals surface area contributed by atoms with Crippen molar-refractivity contribution in [2.45, 2.75) is 105 Å². The average molecular weight is 397 g/mol. The van der Waals surface area contributed by atoms with E-state index in [0.29, 0.717) is 18.4 Å². The molecule has 2 atom stereocenters. The van der Waals surface area contributed by atoms with E-state index in [0.717, 1.165) is 77.0 Å². The quantitative estimate of drug-likeness (QED) is 0.342. The van der Waals surface area contributed by atoms with Crippen molar-refractivity contribution in [3.05, 3.63) is 0 Å². The Morgan fingerprint density at radius 2 is 1.64 bits per heavy atom. The third-order valence-electron chi connectivity index (χ3n) is 7.02. The number of rotatable bonds is 13. The van der Waals surface area contributed by atoms with Crippen LogP contribution in [-0.2, 0) is 19.1 Å². The standard InChI is InChI=1S/C24H44O4/c1-6-10-12-20(8-3)22(25)28-18-19-13-15-21(16-14-19)24(9-4,17-11-7-2)23(26)27-5/h19-21H,6-18H2,1-5H3. The molecule has 28 heavy (non-hydrogen) atoms. The summed E-state index contributed by atoms with van der Waals surface area (Å²) in [5, 5.41) is 0. The summed E-state index contributed by atoms with van der Waals surface area (Å²) < 4.78 is 10.9. The zero-order valence-corrected chi connectivity index (χ0v) is 19.1. The highest BCUT2D eigenvalue weighted by Crippen LogP contribution is 2.46. The van der Waals surface area contributed by atoms with Crippen LogP contribution in [-0.4, -0.2) is 25.7 Å². The second-order valence-electron chi connectivity index (χ2n) is 8.70. The van der Waals surface area contributed by atoms with Gasteiger partial charge in [0.05, 0.1) is 25.0 Å². The summed E-state index contributed by atoms with van der Waals surface area (Å²) in [6, 6.07) is 0. The van der Waals surface area contributed by atoms with Gasteiger partial charge in [0.1, 0.15) is 0 Å². The van der Waals surface area contributed by atoms with E-state index < -0.39 is 0 Å². The van der Waals surface area contributed by atoms with Crippen molar-refractivity contribution in [1.82, 2.24) is 0 Å². The van der Waals surface area contributed by atoms with Gasteiger partial charge in [-0.2, -0.15) is 0 Å². The van der Waals surface area contributed by atoms with Gasteiger partial charge in [-0.15, -0.1) is 0 Å². The molecule has 0 radical (unpaired) electrons. The molecule has 1 saturated carbocycles. The van der Waals surface area contributed by atoms with Gasteiger partial charge in [0.15, 0.2) is 0 Å². The molecule has 164 valence electrons. The molecule has 0 bridgehead atoms. The van der Waals surface area contributed by atoms with Gasteiger partial charge in [-0.05, 0) is 63.2 Å². The zero-order valence-electron chi connectivity index (χ0n) is 19.1. The third-order valence-corrected chi connectivity index (χ3v) is 7.02. The first-order valence-electron chi connectivity index (χ1n) is 11.7. The van der Waals surface area contributed by atoms with Crippen molar-refractivity contribution < 1.29 is 19.1 Å². The topological polar surface area (TPSA) is 52.6 Å². The van der Waals surface area contributed by atoms with Gasteiger partial charge in [0, 0.05) is 0 Å². The SMILES string of the molecule is CCCCC(CC)C(=O)OCC1CCC(C(CC)(CCCC)C(=O)OC)CC1. The minimum atomic E-state index is -0.333. The van der Waals surface area contributed by atoms with Gasteiger partial charge in [0.25, 0.3) is 0 Å². The maximum absolute atomic E-state index is 12.7. The van der Waals surface area contributed by atoms with Gasteiger partial charge in [-0.1, -0.05) is 53.4 Å². The normalized spacial score (nSPS) is 22.9. The number of hydrogen-bond acceptors (Lipinski definition) is 4. The van der Waals surface area contributed by atoms with Crippen molar-refractivity contribution in [3.8, 4) is 0 Å². The Morgan fingerprint density at radius 1 is 1.00 bits per heavy atom. The van der Waals surface area contributed by atoms with E-state index in [9.17, 15) is 9.59 Å². The van der Waals surface area contributed by atoms with Crippen LogP contribution in [0, 0.1) is 23.2 Å². The predicted octanol–water partition coefficient (Wildman–Crippen LogP) is 6.31. The maximum Gasteiger partial charge on any atom is 0.312 e. The fourth-order valence-electron chi connectivity index (χ4n) is 4.92. The Morgan fingerprint density at radius 3 is 2.14 bits per heavy atom. The molecule has 0 aromatic rings. The molecule has 1 aliphatic rings. The smallest absolute Gasteiger partial charge is 0.312 e. The zero-order chi connectivity index (χ0) is 21.0. The van der Waals surface area contributed by atoms with Crippen LogP contribution in [0.15, 0.2) is 0 Å². The molecule has 0 aromatic heterocycles. The molecule has 1 rings (SSSR count). The third kappa shape index (κ3) is 6.77. The van der Waals surface area contributed by atoms with Crippen LogP contribution in [0.5, 0.6) is 0 Å². The van der Waals surface area contributed by atoms with Crippen molar-refractivity contribution in [3.63, 3.8) is 0 Å². The maximum atomic E-state index is 12.7. The second-order valence-corrected chi connectivity index (χ2v) is 8.70. The highest BCUT2D eigenvalue weighted by atomic mass is 16.5. The van der Waals surface area contributed by atoms with E-state index in [-0.39, 0.29) is 23.3 Å². The number of ether oxygens (including phenoxy) is 2. The largest absolute Gasteiger partial charge is 0.469 e. The first kappa shape index (κ1) is 25.0. The summed E-state index contributed by atoms with van der Waals surface area (Å²) in [5.74, 6) is 0.828. The van der Waals surface area contributed by atoms with E-state index in [1.165, 1.54) is 7.11 Å². The fourth-order valence-corrected chi connectivity index (χ4v) is 4.92. The van der Waals surface area contributed by atoms with Crippen molar-refractivity contribution >= 4 is 11.9 Å². The molecule has 1 fully saturated rings. The molecule has 0 aliphatic heterocycles. The molecule has 0 heterocycles. The van der Waals surface area contributed by atoms with E-state index >= 15 is 0 Å². The predicted molar refractivity (Wildman–Crippen MR) is 114 cm³/mol. The van der Waals surface area contributed by atoms with Crippen LogP contribution in [0.4, 0.5) is 0 Å². The molecular weight excluding hydrogens is 352 g/mol. The van der Waals surface area contributed by atoms with Crippen LogP contribution in [0.1, 0.15) is 105 Å². The van der Waals surface area contributed by atoms with Crippen LogP contribution in [0.25, 0.3) is 0 Å². The second kappa shape index (κ2) is 13.2. The van der Waals surface area contributed by atoms with Crippen molar-refractivity contribution in [2.75, 3.05) is 13.7 Å². The van der Waals surface area contributed by atoms with E-state index in [2.05, 4.69) is 27.7 Å². The molecular formula is C24H44O4. The number of carbonyl (C=O) groups excluding carboxylic acids is 2. The fraction of sp³-hybridized carbons (Fsp3) is 0.917. The average Bonchev–Trinajstić information content (AvgIpc) is 2.74. The molecule has 4 nitrogen and oxygen atoms in total. The highest BCUT2D eigenvalue weighted by Gasteiger charge is 2.45. The van der Waals surface area contributed by atoms with E-state index in [4.69, 9.17) is 9.47 Å². The Labute approximate surface area is 173 Å². The Hall–Kier alpha value is -1.06. The Kier molecular flexibility index (Phi) is 11.8. The van der Waals surface area contributed by atoms with Crippen LogP contribution in [0.3, 0.4) is 0 Å². The van der Waals surface area contributed by atoms with E-state index in [1.54, 1.807) is 0 Å². The number of carbonyl (C=O) groups is 2. The van der Waals surface area contributed by atoms with Crippen molar-refractivity contribution in [1.29, 1.82) is 0 Å². The summed E-state index contributed by atoms with van der Waals surface area (Å²) in [5.41, 5.74) is -0.333. The highest BCUT2D eigenvalue weighted by molar-refractivity contribution is 5.77. The Bertz CT molecular complexity index is 454. The lowest BCUT2D eigenvalue weighted by atomic mass is 9.63. The molecule has 0 N–H and O–H groups in total. The first-order valence-corrected chi connectivity index (χ1v) is 11.7. The lowest BCUT2D eigenvalue weighted by molar-refractivity contribution is -0.159. The summed E-state index contributed by atoms with van der Waals surface area (Å²) >= 11 is 0. The van der Waals surface area contributed by atoms with Gasteiger partial charge >= 0.3 is 11.9 Å². The molecule has 1 aliphatic carbocycles. The number of unbranched alkanes of at least 4 members (excludes halogenated alkanes) is 2. The number of methoxy groups -OCH3 is 1. The number of hydrogen-bond donors (Lipinski definition) is 0. The van der Waals surface area contributed by atoms with Crippen LogP contribution < -0.4 is 0 Å². The first-order chi connectivity index (χ1) is 13.5. The van der Waals surface area contributed by atoms with E-state index in [1.807, 2.05) is 0 Å². The minimum absolute atomic E-state index is 0.0153. The molecule has 0 spiro atoms. The minimum Gasteiger partial charge on any atom is -0.469 e. The Balaban J connectivity index is 2.58. The summed E-state index contributed by atoms with van der Waals surface area (Å²) in [6.07, 6.45) is 12.1. The summed E-state index contributed by atoms with van der Waals surface area (Å²) in [6.45, 7) is 9.07. The molecule has 4 heteroatoms. The van der Waals surface area contributed by atoms with Crippen LogP contribution >= 0.6 is 0 Å².